The molecule has 1 aliphatic rings. The molecule has 0 radical (unpaired) electrons. The molecule has 44 valence electrons. The molecule has 0 bridgehead atoms. The van der Waals surface area contributed by atoms with E-state index in [-0.39, 0.29) is 5.97 Å². The van der Waals surface area contributed by atoms with Crippen LogP contribution in [-0.2, 0) is 9.53 Å². The number of allylic oxidation sites excluding steroid dienone is 1. The van der Waals surface area contributed by atoms with Gasteiger partial charge in [-0.05, 0) is 22.6 Å². The number of carbonyl (C=O) groups excluding carboxylic acids is 1. The van der Waals surface area contributed by atoms with Gasteiger partial charge in [0.1, 0.15) is 5.76 Å². The van der Waals surface area contributed by atoms with E-state index >= 15 is 0 Å². The standard InChI is InChI=1S/C5H5IO2/c6-3-4-1-2-5(7)8-4/h3H,1-2H2. The molecular weight excluding hydrogens is 219 g/mol. The first-order valence-corrected chi connectivity index (χ1v) is 3.57. The maximum Gasteiger partial charge on any atom is 0.311 e. The van der Waals surface area contributed by atoms with Gasteiger partial charge in [0.2, 0.25) is 0 Å². The van der Waals surface area contributed by atoms with E-state index in [1.165, 1.54) is 0 Å². The van der Waals surface area contributed by atoms with Crippen molar-refractivity contribution in [1.29, 1.82) is 0 Å². The Morgan fingerprint density at radius 1 is 1.62 bits per heavy atom. The number of cyclic esters (lactones) is 1. The fraction of sp³-hybridized carbons (Fsp3) is 0.400. The van der Waals surface area contributed by atoms with Crippen LogP contribution < -0.4 is 0 Å². The molecule has 0 atom stereocenters. The number of carbonyl (C=O) groups is 1. The molecule has 1 saturated heterocycles. The van der Waals surface area contributed by atoms with Crippen molar-refractivity contribution in [1.82, 2.24) is 0 Å². The summed E-state index contributed by atoms with van der Waals surface area (Å²) in [6, 6.07) is 0. The van der Waals surface area contributed by atoms with Gasteiger partial charge in [0.15, 0.2) is 0 Å². The van der Waals surface area contributed by atoms with E-state index in [9.17, 15) is 4.79 Å². The number of rotatable bonds is 0. The van der Waals surface area contributed by atoms with Crippen LogP contribution in [0.1, 0.15) is 12.8 Å². The van der Waals surface area contributed by atoms with Crippen molar-refractivity contribution in [2.75, 3.05) is 0 Å². The first-order chi connectivity index (χ1) is 3.83. The highest BCUT2D eigenvalue weighted by Crippen LogP contribution is 2.18. The molecule has 0 unspecified atom stereocenters. The first-order valence-electron chi connectivity index (χ1n) is 2.33. The second-order valence-electron chi connectivity index (χ2n) is 1.55. The fourth-order valence-corrected chi connectivity index (χ4v) is 0.989. The Balaban J connectivity index is 2.56. The van der Waals surface area contributed by atoms with Crippen LogP contribution >= 0.6 is 22.6 Å². The lowest BCUT2D eigenvalue weighted by Crippen LogP contribution is -1.88. The molecule has 1 fully saturated rings. The largest absolute Gasteiger partial charge is 0.431 e. The van der Waals surface area contributed by atoms with Gasteiger partial charge in [0.05, 0.1) is 6.42 Å². The third kappa shape index (κ3) is 1.21. The monoisotopic (exact) mass is 224 g/mol. The number of esters is 1. The summed E-state index contributed by atoms with van der Waals surface area (Å²) >= 11 is 2.06. The smallest absolute Gasteiger partial charge is 0.311 e. The highest BCUT2D eigenvalue weighted by Gasteiger charge is 2.15. The second-order valence-corrected chi connectivity index (χ2v) is 2.17. The number of ether oxygens (including phenoxy) is 1. The predicted molar refractivity (Wildman–Crippen MR) is 37.4 cm³/mol. The van der Waals surface area contributed by atoms with Crippen LogP contribution in [0, 0.1) is 0 Å². The van der Waals surface area contributed by atoms with E-state index in [2.05, 4.69) is 22.6 Å². The molecular formula is C5H5IO2. The van der Waals surface area contributed by atoms with Crippen LogP contribution in [0.25, 0.3) is 0 Å². The fourth-order valence-electron chi connectivity index (χ4n) is 0.550. The van der Waals surface area contributed by atoms with Gasteiger partial charge in [0, 0.05) is 10.5 Å². The molecule has 3 heteroatoms. The Labute approximate surface area is 61.0 Å². The van der Waals surface area contributed by atoms with E-state index in [4.69, 9.17) is 4.74 Å². The van der Waals surface area contributed by atoms with Crippen LogP contribution in [-0.4, -0.2) is 5.97 Å². The molecule has 0 N–H and O–H groups in total. The first kappa shape index (κ1) is 6.07. The van der Waals surface area contributed by atoms with Gasteiger partial charge in [-0.25, -0.2) is 0 Å². The van der Waals surface area contributed by atoms with Gasteiger partial charge in [-0.15, -0.1) is 0 Å². The average molecular weight is 224 g/mol. The van der Waals surface area contributed by atoms with Crippen LogP contribution in [0.5, 0.6) is 0 Å². The molecule has 0 aliphatic carbocycles. The molecule has 0 aromatic rings. The Morgan fingerprint density at radius 3 is 2.62 bits per heavy atom. The summed E-state index contributed by atoms with van der Waals surface area (Å²) in [7, 11) is 0. The zero-order valence-electron chi connectivity index (χ0n) is 4.19. The minimum Gasteiger partial charge on any atom is -0.431 e. The SMILES string of the molecule is O=C1CCC(=CI)O1. The van der Waals surface area contributed by atoms with Crippen LogP contribution in [0.15, 0.2) is 9.84 Å². The predicted octanol–water partition coefficient (Wildman–Crippen LogP) is 1.60. The van der Waals surface area contributed by atoms with Crippen molar-refractivity contribution in [3.8, 4) is 0 Å². The van der Waals surface area contributed by atoms with Crippen molar-refractivity contribution in [2.45, 2.75) is 12.8 Å². The maximum atomic E-state index is 10.3. The van der Waals surface area contributed by atoms with Gasteiger partial charge in [0.25, 0.3) is 0 Å². The highest BCUT2D eigenvalue weighted by molar-refractivity contribution is 14.1. The van der Waals surface area contributed by atoms with Gasteiger partial charge in [-0.1, -0.05) is 0 Å². The zero-order valence-corrected chi connectivity index (χ0v) is 6.34. The molecule has 0 amide bonds. The summed E-state index contributed by atoms with van der Waals surface area (Å²) in [6.45, 7) is 0. The maximum absolute atomic E-state index is 10.3. The third-order valence-corrected chi connectivity index (χ3v) is 1.64. The lowest BCUT2D eigenvalue weighted by molar-refractivity contribution is -0.135. The van der Waals surface area contributed by atoms with E-state index in [0.29, 0.717) is 6.42 Å². The quantitative estimate of drug-likeness (QED) is 0.461. The molecule has 1 rings (SSSR count). The lowest BCUT2D eigenvalue weighted by Gasteiger charge is -1.88. The van der Waals surface area contributed by atoms with Gasteiger partial charge < -0.3 is 4.74 Å². The highest BCUT2D eigenvalue weighted by atomic mass is 127. The van der Waals surface area contributed by atoms with Crippen LogP contribution in [0.3, 0.4) is 0 Å². The van der Waals surface area contributed by atoms with Crippen molar-refractivity contribution < 1.29 is 9.53 Å². The molecule has 8 heavy (non-hydrogen) atoms. The van der Waals surface area contributed by atoms with Crippen molar-refractivity contribution >= 4 is 28.6 Å². The molecule has 0 saturated carbocycles. The van der Waals surface area contributed by atoms with Gasteiger partial charge in [-0.2, -0.15) is 0 Å². The molecule has 0 spiro atoms. The van der Waals surface area contributed by atoms with Crippen molar-refractivity contribution in [2.24, 2.45) is 0 Å². The summed E-state index contributed by atoms with van der Waals surface area (Å²) in [5.74, 6) is 0.698. The van der Waals surface area contributed by atoms with E-state index < -0.39 is 0 Å². The Kier molecular flexibility index (Phi) is 1.88. The van der Waals surface area contributed by atoms with Gasteiger partial charge in [-0.3, -0.25) is 4.79 Å². The minimum atomic E-state index is -0.104. The Morgan fingerprint density at radius 2 is 2.38 bits per heavy atom. The number of hydrogen-bond donors (Lipinski definition) is 0. The minimum absolute atomic E-state index is 0.104. The summed E-state index contributed by atoms with van der Waals surface area (Å²) in [6.07, 6.45) is 1.33. The average Bonchev–Trinajstić information content (AvgIpc) is 2.14. The van der Waals surface area contributed by atoms with Crippen LogP contribution in [0.2, 0.25) is 0 Å². The number of hydrogen-bond acceptors (Lipinski definition) is 2. The van der Waals surface area contributed by atoms with E-state index in [0.717, 1.165) is 12.2 Å². The third-order valence-electron chi connectivity index (χ3n) is 0.942. The Hall–Kier alpha value is -0.0600. The van der Waals surface area contributed by atoms with E-state index in [1.54, 1.807) is 4.08 Å². The number of halogens is 1. The van der Waals surface area contributed by atoms with Crippen LogP contribution in [0.4, 0.5) is 0 Å². The summed E-state index contributed by atoms with van der Waals surface area (Å²) < 4.78 is 6.52. The summed E-state index contributed by atoms with van der Waals surface area (Å²) in [5, 5.41) is 0. The summed E-state index contributed by atoms with van der Waals surface area (Å²) in [4.78, 5) is 10.3. The topological polar surface area (TPSA) is 26.3 Å². The molecule has 1 aliphatic heterocycles. The second kappa shape index (κ2) is 2.48. The van der Waals surface area contributed by atoms with Crippen molar-refractivity contribution in [3.63, 3.8) is 0 Å². The molecule has 0 aromatic carbocycles. The van der Waals surface area contributed by atoms with E-state index in [1.807, 2.05) is 0 Å². The zero-order chi connectivity index (χ0) is 5.98. The summed E-state index contributed by atoms with van der Waals surface area (Å²) in [5.41, 5.74) is 0. The Bertz CT molecular complexity index is 139. The molecule has 0 aromatic heterocycles. The van der Waals surface area contributed by atoms with Gasteiger partial charge >= 0.3 is 5.97 Å². The molecule has 2 nitrogen and oxygen atoms in total. The molecule has 1 heterocycles. The normalized spacial score (nSPS) is 24.1. The lowest BCUT2D eigenvalue weighted by atomic mass is 10.3. The van der Waals surface area contributed by atoms with Crippen molar-refractivity contribution in [3.05, 3.63) is 9.84 Å².